The van der Waals surface area contributed by atoms with Crippen LogP contribution < -0.4 is 0 Å². The summed E-state index contributed by atoms with van der Waals surface area (Å²) < 4.78 is 0. The lowest BCUT2D eigenvalue weighted by atomic mass is 10.1. The molecule has 0 saturated carbocycles. The van der Waals surface area contributed by atoms with E-state index < -0.39 is 0 Å². The first-order chi connectivity index (χ1) is 7.31. The van der Waals surface area contributed by atoms with Gasteiger partial charge in [0.25, 0.3) is 0 Å². The standard InChI is InChI=1S/C12H11NOS/c1-9-4-2-3-5-11(9)12-13-10(6-7-14)8-15-12/h2-5,7-8H,6H2,1H3. The van der Waals surface area contributed by atoms with E-state index in [1.807, 2.05) is 17.5 Å². The molecule has 0 atom stereocenters. The molecule has 1 aromatic carbocycles. The molecule has 0 bridgehead atoms. The van der Waals surface area contributed by atoms with Crippen LogP contribution in [-0.2, 0) is 11.2 Å². The minimum Gasteiger partial charge on any atom is -0.303 e. The number of aryl methyl sites for hydroxylation is 1. The molecule has 0 radical (unpaired) electrons. The second-order valence-electron chi connectivity index (χ2n) is 3.33. The molecule has 15 heavy (non-hydrogen) atoms. The van der Waals surface area contributed by atoms with E-state index in [1.54, 1.807) is 11.3 Å². The van der Waals surface area contributed by atoms with Gasteiger partial charge in [0.1, 0.15) is 11.3 Å². The van der Waals surface area contributed by atoms with Crippen molar-refractivity contribution in [3.05, 3.63) is 40.9 Å². The van der Waals surface area contributed by atoms with Crippen LogP contribution in [0.4, 0.5) is 0 Å². The summed E-state index contributed by atoms with van der Waals surface area (Å²) in [6.07, 6.45) is 1.29. The summed E-state index contributed by atoms with van der Waals surface area (Å²) in [5.41, 5.74) is 3.22. The number of nitrogens with zero attached hydrogens (tertiary/aromatic N) is 1. The molecule has 3 heteroatoms. The highest BCUT2D eigenvalue weighted by molar-refractivity contribution is 7.13. The quantitative estimate of drug-likeness (QED) is 0.740. The third-order valence-corrected chi connectivity index (χ3v) is 3.14. The minimum atomic E-state index is 0.405. The Bertz CT molecular complexity index is 476. The lowest BCUT2D eigenvalue weighted by Gasteiger charge is -1.99. The highest BCUT2D eigenvalue weighted by Gasteiger charge is 2.05. The van der Waals surface area contributed by atoms with E-state index in [1.165, 1.54) is 5.56 Å². The molecule has 0 saturated heterocycles. The molecule has 0 aliphatic carbocycles. The van der Waals surface area contributed by atoms with Gasteiger partial charge in [0, 0.05) is 17.4 Å². The lowest BCUT2D eigenvalue weighted by Crippen LogP contribution is -1.86. The van der Waals surface area contributed by atoms with Gasteiger partial charge in [-0.05, 0) is 12.5 Å². The van der Waals surface area contributed by atoms with Crippen LogP contribution in [0.3, 0.4) is 0 Å². The Morgan fingerprint density at radius 3 is 2.93 bits per heavy atom. The first-order valence-corrected chi connectivity index (χ1v) is 5.63. The number of carbonyl (C=O) groups excluding carboxylic acids is 1. The van der Waals surface area contributed by atoms with E-state index in [2.05, 4.69) is 24.0 Å². The van der Waals surface area contributed by atoms with Gasteiger partial charge in [0.2, 0.25) is 0 Å². The predicted octanol–water partition coefficient (Wildman–Crippen LogP) is 2.86. The molecule has 0 unspecified atom stereocenters. The Morgan fingerprint density at radius 1 is 1.40 bits per heavy atom. The van der Waals surface area contributed by atoms with Crippen molar-refractivity contribution in [1.82, 2.24) is 4.98 Å². The monoisotopic (exact) mass is 217 g/mol. The molecule has 0 spiro atoms. The van der Waals surface area contributed by atoms with Crippen LogP contribution in [0.15, 0.2) is 29.6 Å². The van der Waals surface area contributed by atoms with Gasteiger partial charge >= 0.3 is 0 Å². The van der Waals surface area contributed by atoms with Crippen LogP contribution in [-0.4, -0.2) is 11.3 Å². The molecule has 0 amide bonds. The van der Waals surface area contributed by atoms with Crippen LogP contribution in [0.1, 0.15) is 11.3 Å². The van der Waals surface area contributed by atoms with E-state index >= 15 is 0 Å². The van der Waals surface area contributed by atoms with Crippen molar-refractivity contribution in [3.8, 4) is 10.6 Å². The fourth-order valence-corrected chi connectivity index (χ4v) is 2.35. The van der Waals surface area contributed by atoms with Crippen molar-refractivity contribution in [2.45, 2.75) is 13.3 Å². The number of benzene rings is 1. The van der Waals surface area contributed by atoms with E-state index in [4.69, 9.17) is 0 Å². The number of thiazole rings is 1. The maximum absolute atomic E-state index is 10.4. The van der Waals surface area contributed by atoms with Crippen LogP contribution in [0.25, 0.3) is 10.6 Å². The van der Waals surface area contributed by atoms with Gasteiger partial charge in [0.15, 0.2) is 0 Å². The Morgan fingerprint density at radius 2 is 2.20 bits per heavy atom. The number of hydrogen-bond acceptors (Lipinski definition) is 3. The zero-order valence-electron chi connectivity index (χ0n) is 8.43. The Kier molecular flexibility index (Phi) is 2.92. The van der Waals surface area contributed by atoms with Crippen molar-refractivity contribution < 1.29 is 4.79 Å². The summed E-state index contributed by atoms with van der Waals surface area (Å²) in [6, 6.07) is 8.14. The summed E-state index contributed by atoms with van der Waals surface area (Å²) >= 11 is 1.59. The van der Waals surface area contributed by atoms with Gasteiger partial charge in [-0.25, -0.2) is 4.98 Å². The smallest absolute Gasteiger partial charge is 0.125 e. The highest BCUT2D eigenvalue weighted by atomic mass is 32.1. The third kappa shape index (κ3) is 2.13. The zero-order chi connectivity index (χ0) is 10.7. The lowest BCUT2D eigenvalue weighted by molar-refractivity contribution is -0.107. The second kappa shape index (κ2) is 4.36. The third-order valence-electron chi connectivity index (χ3n) is 2.22. The van der Waals surface area contributed by atoms with Crippen molar-refractivity contribution in [2.75, 3.05) is 0 Å². The fraction of sp³-hybridized carbons (Fsp3) is 0.167. The Balaban J connectivity index is 2.37. The average molecular weight is 217 g/mol. The Labute approximate surface area is 92.6 Å². The fourth-order valence-electron chi connectivity index (χ4n) is 1.42. The van der Waals surface area contributed by atoms with Crippen molar-refractivity contribution in [1.29, 1.82) is 0 Å². The van der Waals surface area contributed by atoms with Crippen LogP contribution in [0.2, 0.25) is 0 Å². The SMILES string of the molecule is Cc1ccccc1-c1nc(CC=O)cs1. The molecule has 0 aliphatic heterocycles. The topological polar surface area (TPSA) is 30.0 Å². The molecule has 2 aromatic rings. The maximum Gasteiger partial charge on any atom is 0.125 e. The van der Waals surface area contributed by atoms with Crippen molar-refractivity contribution in [2.24, 2.45) is 0 Å². The number of rotatable bonds is 3. The first kappa shape index (κ1) is 10.1. The summed E-state index contributed by atoms with van der Waals surface area (Å²) in [5.74, 6) is 0. The van der Waals surface area contributed by atoms with Gasteiger partial charge in [-0.2, -0.15) is 0 Å². The molecular weight excluding hydrogens is 206 g/mol. The zero-order valence-corrected chi connectivity index (χ0v) is 9.25. The van der Waals surface area contributed by atoms with Gasteiger partial charge in [0.05, 0.1) is 5.69 Å². The molecule has 2 nitrogen and oxygen atoms in total. The average Bonchev–Trinajstić information content (AvgIpc) is 2.68. The summed E-state index contributed by atoms with van der Waals surface area (Å²) in [4.78, 5) is 14.8. The van der Waals surface area contributed by atoms with E-state index in [0.717, 1.165) is 22.6 Å². The van der Waals surface area contributed by atoms with E-state index in [0.29, 0.717) is 6.42 Å². The molecule has 0 aliphatic rings. The highest BCUT2D eigenvalue weighted by Crippen LogP contribution is 2.26. The van der Waals surface area contributed by atoms with E-state index in [-0.39, 0.29) is 0 Å². The predicted molar refractivity (Wildman–Crippen MR) is 62.1 cm³/mol. The minimum absolute atomic E-state index is 0.405. The normalized spacial score (nSPS) is 10.2. The first-order valence-electron chi connectivity index (χ1n) is 4.75. The second-order valence-corrected chi connectivity index (χ2v) is 4.19. The molecule has 1 heterocycles. The molecule has 0 N–H and O–H groups in total. The van der Waals surface area contributed by atoms with Crippen molar-refractivity contribution in [3.63, 3.8) is 0 Å². The number of aldehydes is 1. The van der Waals surface area contributed by atoms with Gasteiger partial charge in [-0.15, -0.1) is 11.3 Å². The van der Waals surface area contributed by atoms with E-state index in [9.17, 15) is 4.79 Å². The number of hydrogen-bond donors (Lipinski definition) is 0. The summed E-state index contributed by atoms with van der Waals surface area (Å²) in [7, 11) is 0. The largest absolute Gasteiger partial charge is 0.303 e. The van der Waals surface area contributed by atoms with Crippen LogP contribution >= 0.6 is 11.3 Å². The van der Waals surface area contributed by atoms with Gasteiger partial charge in [-0.1, -0.05) is 24.3 Å². The maximum atomic E-state index is 10.4. The summed E-state index contributed by atoms with van der Waals surface area (Å²) in [6.45, 7) is 2.07. The van der Waals surface area contributed by atoms with Crippen LogP contribution in [0.5, 0.6) is 0 Å². The Hall–Kier alpha value is -1.48. The molecule has 1 aromatic heterocycles. The molecular formula is C12H11NOS. The molecule has 2 rings (SSSR count). The van der Waals surface area contributed by atoms with Gasteiger partial charge in [-0.3, -0.25) is 0 Å². The number of carbonyl (C=O) groups is 1. The number of aromatic nitrogens is 1. The van der Waals surface area contributed by atoms with Crippen LogP contribution in [0, 0.1) is 6.92 Å². The summed E-state index contributed by atoms with van der Waals surface area (Å²) in [5, 5.41) is 2.93. The molecule has 0 fully saturated rings. The molecule has 76 valence electrons. The van der Waals surface area contributed by atoms with Gasteiger partial charge < -0.3 is 4.79 Å². The van der Waals surface area contributed by atoms with Crippen molar-refractivity contribution >= 4 is 17.6 Å².